The smallest absolute Gasteiger partial charge is 0.336 e. The van der Waals surface area contributed by atoms with Crippen LogP contribution >= 0.6 is 11.6 Å². The van der Waals surface area contributed by atoms with Crippen LogP contribution in [0.1, 0.15) is 15.9 Å². The number of aldehydes is 1. The van der Waals surface area contributed by atoms with Crippen LogP contribution in [0.4, 0.5) is 0 Å². The minimum absolute atomic E-state index is 0.0793. The molecule has 0 aromatic heterocycles. The number of allylic oxidation sites excluding steroid dienone is 1. The highest BCUT2D eigenvalue weighted by molar-refractivity contribution is 6.32. The highest BCUT2D eigenvalue weighted by Gasteiger charge is 2.09. The van der Waals surface area contributed by atoms with E-state index in [2.05, 4.69) is 0 Å². The Morgan fingerprint density at radius 1 is 1.43 bits per heavy atom. The molecule has 0 bridgehead atoms. The fourth-order valence-electron chi connectivity index (χ4n) is 1.03. The molecular formula is C10H7ClO3. The van der Waals surface area contributed by atoms with Crippen LogP contribution in [0.25, 0.3) is 6.08 Å². The summed E-state index contributed by atoms with van der Waals surface area (Å²) < 4.78 is 0. The van der Waals surface area contributed by atoms with Gasteiger partial charge < -0.3 is 5.11 Å². The summed E-state index contributed by atoms with van der Waals surface area (Å²) in [6, 6.07) is 4.54. The van der Waals surface area contributed by atoms with E-state index in [0.717, 1.165) is 0 Å². The van der Waals surface area contributed by atoms with Crippen molar-refractivity contribution in [3.05, 3.63) is 40.4 Å². The van der Waals surface area contributed by atoms with Crippen molar-refractivity contribution in [2.75, 3.05) is 0 Å². The monoisotopic (exact) mass is 210 g/mol. The van der Waals surface area contributed by atoms with Crippen LogP contribution in [-0.2, 0) is 4.79 Å². The van der Waals surface area contributed by atoms with Gasteiger partial charge in [0.25, 0.3) is 0 Å². The Kier molecular flexibility index (Phi) is 3.42. The zero-order valence-corrected chi connectivity index (χ0v) is 7.86. The normalized spacial score (nSPS) is 10.4. The van der Waals surface area contributed by atoms with Gasteiger partial charge in [-0.2, -0.15) is 0 Å². The van der Waals surface area contributed by atoms with Crippen LogP contribution in [0, 0.1) is 0 Å². The first kappa shape index (κ1) is 10.5. The molecule has 0 aliphatic heterocycles. The van der Waals surface area contributed by atoms with Gasteiger partial charge in [-0.05, 0) is 24.3 Å². The number of carbonyl (C=O) groups excluding carboxylic acids is 1. The standard InChI is InChI=1S/C10H7ClO3/c11-9-5-1-3-8(10(13)14)7(9)4-2-6-12/h1-6H,(H,13,14). The van der Waals surface area contributed by atoms with Gasteiger partial charge in [0.2, 0.25) is 0 Å². The van der Waals surface area contributed by atoms with Gasteiger partial charge in [-0.3, -0.25) is 4.79 Å². The third kappa shape index (κ3) is 2.20. The third-order valence-corrected chi connectivity index (χ3v) is 1.95. The highest BCUT2D eigenvalue weighted by atomic mass is 35.5. The summed E-state index contributed by atoms with van der Waals surface area (Å²) in [6.07, 6.45) is 3.14. The van der Waals surface area contributed by atoms with Crippen molar-refractivity contribution in [2.45, 2.75) is 0 Å². The first-order valence-electron chi connectivity index (χ1n) is 3.80. The zero-order valence-electron chi connectivity index (χ0n) is 7.11. The Morgan fingerprint density at radius 2 is 2.14 bits per heavy atom. The third-order valence-electron chi connectivity index (χ3n) is 1.62. The van der Waals surface area contributed by atoms with E-state index >= 15 is 0 Å². The average Bonchev–Trinajstić information content (AvgIpc) is 2.15. The Labute approximate surface area is 85.6 Å². The van der Waals surface area contributed by atoms with E-state index in [9.17, 15) is 9.59 Å². The molecule has 14 heavy (non-hydrogen) atoms. The Hall–Kier alpha value is -1.61. The Balaban J connectivity index is 3.28. The molecule has 1 aromatic rings. The fraction of sp³-hybridized carbons (Fsp3) is 0. The molecule has 3 nitrogen and oxygen atoms in total. The van der Waals surface area contributed by atoms with E-state index in [0.29, 0.717) is 16.9 Å². The fourth-order valence-corrected chi connectivity index (χ4v) is 1.27. The summed E-state index contributed by atoms with van der Waals surface area (Å²) in [5.41, 5.74) is 0.421. The molecule has 0 saturated heterocycles. The molecule has 0 aliphatic rings. The lowest BCUT2D eigenvalue weighted by molar-refractivity contribution is -0.104. The van der Waals surface area contributed by atoms with Crippen LogP contribution in [0.3, 0.4) is 0 Å². The number of rotatable bonds is 3. The van der Waals surface area contributed by atoms with E-state index in [1.54, 1.807) is 12.1 Å². The van der Waals surface area contributed by atoms with Crippen molar-refractivity contribution in [2.24, 2.45) is 0 Å². The lowest BCUT2D eigenvalue weighted by atomic mass is 10.1. The number of aromatic carboxylic acids is 1. The van der Waals surface area contributed by atoms with Crippen molar-refractivity contribution in [3.63, 3.8) is 0 Å². The Bertz CT molecular complexity index is 396. The molecule has 0 fully saturated rings. The van der Waals surface area contributed by atoms with Gasteiger partial charge in [0.15, 0.2) is 0 Å². The number of halogens is 1. The van der Waals surface area contributed by atoms with Crippen LogP contribution in [0.15, 0.2) is 24.3 Å². The second-order valence-electron chi connectivity index (χ2n) is 2.50. The number of benzene rings is 1. The largest absolute Gasteiger partial charge is 0.478 e. The molecule has 1 rings (SSSR count). The van der Waals surface area contributed by atoms with Gasteiger partial charge in [0, 0.05) is 10.6 Å². The van der Waals surface area contributed by atoms with E-state index in [-0.39, 0.29) is 5.56 Å². The van der Waals surface area contributed by atoms with E-state index in [1.807, 2.05) is 0 Å². The molecular weight excluding hydrogens is 204 g/mol. The van der Waals surface area contributed by atoms with Gasteiger partial charge in [-0.15, -0.1) is 0 Å². The van der Waals surface area contributed by atoms with Crippen LogP contribution in [0.5, 0.6) is 0 Å². The predicted octanol–water partition coefficient (Wildman–Crippen LogP) is 2.25. The molecule has 0 unspecified atom stereocenters. The Morgan fingerprint density at radius 3 is 2.71 bits per heavy atom. The van der Waals surface area contributed by atoms with E-state index < -0.39 is 5.97 Å². The molecule has 0 atom stereocenters. The molecule has 1 aromatic carbocycles. The average molecular weight is 211 g/mol. The predicted molar refractivity (Wildman–Crippen MR) is 53.5 cm³/mol. The van der Waals surface area contributed by atoms with Gasteiger partial charge in [-0.25, -0.2) is 4.79 Å². The summed E-state index contributed by atoms with van der Waals surface area (Å²) in [4.78, 5) is 20.8. The van der Waals surface area contributed by atoms with Crippen LogP contribution < -0.4 is 0 Å². The zero-order chi connectivity index (χ0) is 10.6. The first-order chi connectivity index (χ1) is 6.66. The minimum atomic E-state index is -1.07. The molecule has 72 valence electrons. The number of carboxylic acid groups (broad SMARTS) is 1. The lowest BCUT2D eigenvalue weighted by Crippen LogP contribution is -1.99. The quantitative estimate of drug-likeness (QED) is 0.615. The molecule has 0 spiro atoms. The number of carbonyl (C=O) groups is 2. The number of hydrogen-bond acceptors (Lipinski definition) is 2. The molecule has 1 N–H and O–H groups in total. The van der Waals surface area contributed by atoms with Gasteiger partial charge in [-0.1, -0.05) is 17.7 Å². The van der Waals surface area contributed by atoms with Gasteiger partial charge >= 0.3 is 5.97 Å². The van der Waals surface area contributed by atoms with Crippen molar-refractivity contribution < 1.29 is 14.7 Å². The summed E-state index contributed by atoms with van der Waals surface area (Å²) in [7, 11) is 0. The van der Waals surface area contributed by atoms with Crippen molar-refractivity contribution in [1.29, 1.82) is 0 Å². The second-order valence-corrected chi connectivity index (χ2v) is 2.91. The summed E-state index contributed by atoms with van der Waals surface area (Å²) in [5, 5.41) is 9.12. The van der Waals surface area contributed by atoms with E-state index in [4.69, 9.17) is 16.7 Å². The highest BCUT2D eigenvalue weighted by Crippen LogP contribution is 2.21. The summed E-state index contributed by atoms with van der Waals surface area (Å²) in [5.74, 6) is -1.07. The number of hydrogen-bond donors (Lipinski definition) is 1. The molecule has 0 heterocycles. The topological polar surface area (TPSA) is 54.4 Å². The van der Waals surface area contributed by atoms with Crippen LogP contribution in [-0.4, -0.2) is 17.4 Å². The maximum atomic E-state index is 10.8. The van der Waals surface area contributed by atoms with Crippen molar-refractivity contribution in [3.8, 4) is 0 Å². The molecule has 0 amide bonds. The lowest BCUT2D eigenvalue weighted by Gasteiger charge is -2.02. The number of carboxylic acids is 1. The molecule has 0 radical (unpaired) electrons. The first-order valence-corrected chi connectivity index (χ1v) is 4.18. The SMILES string of the molecule is O=CC=Cc1c(Cl)cccc1C(=O)O. The molecule has 0 saturated carbocycles. The minimum Gasteiger partial charge on any atom is -0.478 e. The maximum absolute atomic E-state index is 10.8. The molecule has 4 heteroatoms. The van der Waals surface area contributed by atoms with Crippen molar-refractivity contribution in [1.82, 2.24) is 0 Å². The molecule has 0 aliphatic carbocycles. The van der Waals surface area contributed by atoms with Gasteiger partial charge in [0.05, 0.1) is 5.56 Å². The van der Waals surface area contributed by atoms with Gasteiger partial charge in [0.1, 0.15) is 6.29 Å². The van der Waals surface area contributed by atoms with Crippen LogP contribution in [0.2, 0.25) is 5.02 Å². The summed E-state index contributed by atoms with van der Waals surface area (Å²) in [6.45, 7) is 0. The van der Waals surface area contributed by atoms with E-state index in [1.165, 1.54) is 18.2 Å². The second kappa shape index (κ2) is 4.58. The van der Waals surface area contributed by atoms with Crippen molar-refractivity contribution >= 4 is 29.9 Å². The maximum Gasteiger partial charge on any atom is 0.336 e. The summed E-state index contributed by atoms with van der Waals surface area (Å²) >= 11 is 5.78.